The second kappa shape index (κ2) is 12.3. The van der Waals surface area contributed by atoms with Gasteiger partial charge in [-0.1, -0.05) is 17.3 Å². The van der Waals surface area contributed by atoms with Gasteiger partial charge in [0.05, 0.1) is 6.20 Å². The number of hydrogen-bond donors (Lipinski definition) is 2. The fourth-order valence-corrected chi connectivity index (χ4v) is 4.35. The summed E-state index contributed by atoms with van der Waals surface area (Å²) in [7, 11) is 0. The number of benzene rings is 1. The molecule has 0 bridgehead atoms. The lowest BCUT2D eigenvalue weighted by molar-refractivity contribution is -0.185. The van der Waals surface area contributed by atoms with Crippen molar-refractivity contribution in [2.75, 3.05) is 23.7 Å². The van der Waals surface area contributed by atoms with Gasteiger partial charge in [0.1, 0.15) is 23.0 Å². The van der Waals surface area contributed by atoms with E-state index in [4.69, 9.17) is 9.26 Å². The van der Waals surface area contributed by atoms with E-state index < -0.39 is 23.4 Å². The molecule has 1 fully saturated rings. The first-order valence-electron chi connectivity index (χ1n) is 13.4. The molecular weight excluding hydrogens is 539 g/mol. The number of alkyl halides is 3. The van der Waals surface area contributed by atoms with Crippen LogP contribution in [0.3, 0.4) is 0 Å². The van der Waals surface area contributed by atoms with Gasteiger partial charge in [-0.2, -0.15) is 13.2 Å². The largest absolute Gasteiger partial charge is 0.489 e. The highest BCUT2D eigenvalue weighted by Gasteiger charge is 2.51. The minimum atomic E-state index is -4.55. The Morgan fingerprint density at radius 2 is 1.76 bits per heavy atom. The predicted molar refractivity (Wildman–Crippen MR) is 147 cm³/mol. The van der Waals surface area contributed by atoms with Gasteiger partial charge in [-0.15, -0.1) is 0 Å². The predicted octanol–water partition coefficient (Wildman–Crippen LogP) is 6.23. The van der Waals surface area contributed by atoms with E-state index in [1.54, 1.807) is 42.6 Å². The number of piperidine rings is 1. The number of hydrogen-bond acceptors (Lipinski definition) is 7. The van der Waals surface area contributed by atoms with Crippen LogP contribution in [-0.4, -0.2) is 58.3 Å². The summed E-state index contributed by atoms with van der Waals surface area (Å²) < 4.78 is 50.4. The topological polar surface area (TPSA) is 110 Å². The highest BCUT2D eigenvalue weighted by Crippen LogP contribution is 2.41. The minimum Gasteiger partial charge on any atom is -0.489 e. The second-order valence-electron chi connectivity index (χ2n) is 10.9. The molecule has 1 aliphatic rings. The number of anilines is 2. The molecule has 12 heteroatoms. The van der Waals surface area contributed by atoms with Crippen LogP contribution in [0.25, 0.3) is 0 Å². The number of halogens is 3. The van der Waals surface area contributed by atoms with E-state index in [2.05, 4.69) is 39.5 Å². The lowest BCUT2D eigenvalue weighted by atomic mass is 9.89. The number of Topliss-reactive ketones (excluding diaryl/α,β-unsaturated/α-hetero) is 1. The Balaban J connectivity index is 1.25. The number of nitrogens with zero attached hydrogens (tertiary/aromatic N) is 3. The third-order valence-corrected chi connectivity index (χ3v) is 7.18. The molecule has 0 atom stereocenters. The molecule has 0 saturated carbocycles. The first kappa shape index (κ1) is 30.0. The van der Waals surface area contributed by atoms with Gasteiger partial charge in [-0.3, -0.25) is 10.1 Å². The monoisotopic (exact) mass is 573 g/mol. The molecule has 2 amide bonds. The van der Waals surface area contributed by atoms with Gasteiger partial charge in [0.2, 0.25) is 0 Å². The second-order valence-corrected chi connectivity index (χ2v) is 10.9. The zero-order valence-electron chi connectivity index (χ0n) is 23.4. The first-order chi connectivity index (χ1) is 19.3. The van der Waals surface area contributed by atoms with Crippen LogP contribution in [0.1, 0.15) is 62.3 Å². The van der Waals surface area contributed by atoms with Gasteiger partial charge in [0, 0.05) is 37.3 Å². The van der Waals surface area contributed by atoms with Gasteiger partial charge >= 0.3 is 12.2 Å². The number of urea groups is 1. The van der Waals surface area contributed by atoms with E-state index in [0.29, 0.717) is 23.2 Å². The molecule has 9 nitrogen and oxygen atoms in total. The third-order valence-electron chi connectivity index (χ3n) is 7.18. The quantitative estimate of drug-likeness (QED) is 0.292. The van der Waals surface area contributed by atoms with Gasteiger partial charge in [0.15, 0.2) is 17.4 Å². The maximum Gasteiger partial charge on any atom is 0.401 e. The number of aromatic nitrogens is 2. The number of amides is 2. The van der Waals surface area contributed by atoms with Crippen molar-refractivity contribution in [1.82, 2.24) is 15.0 Å². The van der Waals surface area contributed by atoms with Crippen LogP contribution < -0.4 is 15.4 Å². The van der Waals surface area contributed by atoms with Crippen LogP contribution in [0.4, 0.5) is 29.5 Å². The standard InChI is InChI=1S/C29H34F3N5O4/c1-18(2)37-13-11-21(12-14-37)40-22-9-10-23(33-17-22)24(38)15-19-5-7-20(8-6-19)34-27(39)35-26-16-25(41-36-26)28(3,4)29(30,31)32/h5-10,16-18,21H,11-15H2,1-4H3,(H2,34,35,36,39). The molecule has 2 N–H and O–H groups in total. The first-order valence-corrected chi connectivity index (χ1v) is 13.4. The fourth-order valence-electron chi connectivity index (χ4n) is 4.35. The highest BCUT2D eigenvalue weighted by molar-refractivity contribution is 5.99. The number of ether oxygens (including phenoxy) is 1. The molecule has 3 aromatic rings. The molecule has 0 unspecified atom stereocenters. The van der Waals surface area contributed by atoms with E-state index >= 15 is 0 Å². The third kappa shape index (κ3) is 7.63. The molecule has 41 heavy (non-hydrogen) atoms. The normalized spacial score (nSPS) is 15.1. The summed E-state index contributed by atoms with van der Waals surface area (Å²) in [6.07, 6.45) is -0.814. The van der Waals surface area contributed by atoms with E-state index in [1.807, 2.05) is 0 Å². The van der Waals surface area contributed by atoms with E-state index in [1.165, 1.54) is 0 Å². The molecule has 1 saturated heterocycles. The molecular formula is C29H34F3N5O4. The van der Waals surface area contributed by atoms with Crippen LogP contribution in [0.15, 0.2) is 53.2 Å². The molecule has 0 radical (unpaired) electrons. The summed E-state index contributed by atoms with van der Waals surface area (Å²) in [6.45, 7) is 8.30. The number of carbonyl (C=O) groups is 2. The average Bonchev–Trinajstić information content (AvgIpc) is 3.39. The summed E-state index contributed by atoms with van der Waals surface area (Å²) in [5, 5.41) is 8.40. The summed E-state index contributed by atoms with van der Waals surface area (Å²) in [5.41, 5.74) is -0.804. The van der Waals surface area contributed by atoms with Crippen LogP contribution >= 0.6 is 0 Å². The number of nitrogens with one attached hydrogen (secondary N) is 2. The summed E-state index contributed by atoms with van der Waals surface area (Å²) >= 11 is 0. The molecule has 0 spiro atoms. The highest BCUT2D eigenvalue weighted by atomic mass is 19.4. The smallest absolute Gasteiger partial charge is 0.401 e. The van der Waals surface area contributed by atoms with Gasteiger partial charge in [-0.05, 0) is 70.4 Å². The number of pyridine rings is 1. The van der Waals surface area contributed by atoms with Crippen molar-refractivity contribution in [3.63, 3.8) is 0 Å². The van der Waals surface area contributed by atoms with Crippen molar-refractivity contribution in [1.29, 1.82) is 0 Å². The number of carbonyl (C=O) groups excluding carboxylic acids is 2. The van der Waals surface area contributed by atoms with Gasteiger partial charge in [-0.25, -0.2) is 9.78 Å². The molecule has 4 rings (SSSR count). The van der Waals surface area contributed by atoms with Crippen molar-refractivity contribution >= 4 is 23.3 Å². The Morgan fingerprint density at radius 3 is 2.34 bits per heavy atom. The Labute approximate surface area is 236 Å². The number of ketones is 1. The Kier molecular flexibility index (Phi) is 9.01. The van der Waals surface area contributed by atoms with Crippen molar-refractivity contribution in [2.45, 2.75) is 70.7 Å². The van der Waals surface area contributed by atoms with E-state index in [0.717, 1.165) is 51.4 Å². The Hall–Kier alpha value is -3.93. The zero-order valence-corrected chi connectivity index (χ0v) is 23.4. The minimum absolute atomic E-state index is 0.115. The lowest BCUT2D eigenvalue weighted by Crippen LogP contribution is -2.41. The Morgan fingerprint density at radius 1 is 1.07 bits per heavy atom. The molecule has 3 heterocycles. The zero-order chi connectivity index (χ0) is 29.8. The average molecular weight is 574 g/mol. The molecule has 1 aliphatic heterocycles. The molecule has 0 aliphatic carbocycles. The fraction of sp³-hybridized carbons (Fsp3) is 0.448. The van der Waals surface area contributed by atoms with Crippen LogP contribution in [0, 0.1) is 0 Å². The summed E-state index contributed by atoms with van der Waals surface area (Å²) in [4.78, 5) is 31.7. The van der Waals surface area contributed by atoms with Crippen LogP contribution in [0.2, 0.25) is 0 Å². The van der Waals surface area contributed by atoms with E-state index in [9.17, 15) is 22.8 Å². The van der Waals surface area contributed by atoms with Gasteiger partial charge < -0.3 is 19.5 Å². The Bertz CT molecular complexity index is 1330. The van der Waals surface area contributed by atoms with Crippen molar-refractivity contribution in [3.05, 3.63) is 65.7 Å². The molecule has 220 valence electrons. The number of rotatable bonds is 9. The van der Waals surface area contributed by atoms with Crippen LogP contribution in [0.5, 0.6) is 5.75 Å². The van der Waals surface area contributed by atoms with Crippen LogP contribution in [-0.2, 0) is 11.8 Å². The van der Waals surface area contributed by atoms with Gasteiger partial charge in [0.25, 0.3) is 0 Å². The maximum atomic E-state index is 13.2. The molecule has 1 aromatic carbocycles. The lowest BCUT2D eigenvalue weighted by Gasteiger charge is -2.34. The molecule has 2 aromatic heterocycles. The van der Waals surface area contributed by atoms with E-state index in [-0.39, 0.29) is 24.1 Å². The van der Waals surface area contributed by atoms with Crippen molar-refractivity contribution < 1.29 is 32.0 Å². The number of likely N-dealkylation sites (tertiary alicyclic amines) is 1. The summed E-state index contributed by atoms with van der Waals surface area (Å²) in [5.74, 6) is -0.0983. The maximum absolute atomic E-state index is 13.2. The summed E-state index contributed by atoms with van der Waals surface area (Å²) in [6, 6.07) is 10.9. The SMILES string of the molecule is CC(C)N1CCC(Oc2ccc(C(=O)Cc3ccc(NC(=O)Nc4cc(C(C)(C)C(F)(F)F)on4)cc3)nc2)CC1. The van der Waals surface area contributed by atoms with Crippen molar-refractivity contribution in [2.24, 2.45) is 0 Å². The van der Waals surface area contributed by atoms with Crippen molar-refractivity contribution in [3.8, 4) is 5.75 Å².